The molecule has 148 valence electrons. The van der Waals surface area contributed by atoms with E-state index in [2.05, 4.69) is 25.6 Å². The Hall–Kier alpha value is -2.82. The highest BCUT2D eigenvalue weighted by molar-refractivity contribution is 7.99. The summed E-state index contributed by atoms with van der Waals surface area (Å²) in [6, 6.07) is 11.4. The van der Waals surface area contributed by atoms with Gasteiger partial charge in [-0.05, 0) is 35.7 Å². The summed E-state index contributed by atoms with van der Waals surface area (Å²) in [6.07, 6.45) is 3.27. The second-order valence-corrected chi connectivity index (χ2v) is 8.01. The van der Waals surface area contributed by atoms with Crippen LogP contribution in [0.1, 0.15) is 11.0 Å². The van der Waals surface area contributed by atoms with E-state index < -0.39 is 0 Å². The Balaban J connectivity index is 1.39. The summed E-state index contributed by atoms with van der Waals surface area (Å²) in [4.78, 5) is 17.5. The summed E-state index contributed by atoms with van der Waals surface area (Å²) in [7, 11) is 1.64. The number of nitrogens with one attached hydrogen (secondary N) is 1. The minimum absolute atomic E-state index is 0.0771. The van der Waals surface area contributed by atoms with Gasteiger partial charge in [0.15, 0.2) is 11.5 Å². The zero-order chi connectivity index (χ0) is 20.1. The molecule has 0 aliphatic rings. The number of amides is 1. The molecule has 1 amide bonds. The van der Waals surface area contributed by atoms with Gasteiger partial charge in [-0.25, -0.2) is 0 Å². The number of fused-ring (bicyclic) bond motifs is 1. The number of thiophene rings is 1. The van der Waals surface area contributed by atoms with E-state index in [9.17, 15) is 4.79 Å². The number of rotatable bonds is 8. The number of ether oxygens (including phenoxy) is 1. The fourth-order valence-corrected chi connectivity index (χ4v) is 4.18. The summed E-state index contributed by atoms with van der Waals surface area (Å²) >= 11 is 2.96. The van der Waals surface area contributed by atoms with Crippen LogP contribution in [-0.4, -0.2) is 50.1 Å². The number of pyridine rings is 1. The van der Waals surface area contributed by atoms with Gasteiger partial charge in [-0.15, -0.1) is 21.5 Å². The maximum absolute atomic E-state index is 12.3. The number of carbonyl (C=O) groups is 1. The van der Waals surface area contributed by atoms with Gasteiger partial charge in [-0.1, -0.05) is 17.8 Å². The van der Waals surface area contributed by atoms with E-state index in [0.717, 1.165) is 10.4 Å². The van der Waals surface area contributed by atoms with Gasteiger partial charge in [-0.2, -0.15) is 9.61 Å². The van der Waals surface area contributed by atoms with E-state index in [0.29, 0.717) is 23.0 Å². The van der Waals surface area contributed by atoms with Crippen LogP contribution in [0.5, 0.6) is 0 Å². The third kappa shape index (κ3) is 4.61. The van der Waals surface area contributed by atoms with Crippen LogP contribution in [0.2, 0.25) is 0 Å². The molecule has 1 N–H and O–H groups in total. The Morgan fingerprint density at radius 1 is 1.28 bits per heavy atom. The second kappa shape index (κ2) is 9.12. The molecule has 0 aromatic carbocycles. The van der Waals surface area contributed by atoms with Crippen LogP contribution in [0.25, 0.3) is 17.0 Å². The number of thioether (sulfide) groups is 1. The molecule has 0 saturated heterocycles. The Morgan fingerprint density at radius 2 is 2.21 bits per heavy atom. The number of hydrogen-bond donors (Lipinski definition) is 1. The molecule has 0 saturated carbocycles. The first-order valence-electron chi connectivity index (χ1n) is 8.83. The summed E-state index contributed by atoms with van der Waals surface area (Å²) in [5.41, 5.74) is 1.46. The van der Waals surface area contributed by atoms with Gasteiger partial charge < -0.3 is 10.1 Å². The van der Waals surface area contributed by atoms with Crippen molar-refractivity contribution in [2.75, 3.05) is 19.4 Å². The Kier molecular flexibility index (Phi) is 6.13. The van der Waals surface area contributed by atoms with Crippen molar-refractivity contribution in [1.29, 1.82) is 0 Å². The summed E-state index contributed by atoms with van der Waals surface area (Å²) < 4.78 is 7.12. The van der Waals surface area contributed by atoms with Gasteiger partial charge in [0.25, 0.3) is 0 Å². The minimum Gasteiger partial charge on any atom is -0.374 e. The molecule has 0 aliphatic carbocycles. The highest BCUT2D eigenvalue weighted by Crippen LogP contribution is 2.22. The maximum Gasteiger partial charge on any atom is 0.230 e. The van der Waals surface area contributed by atoms with Crippen molar-refractivity contribution in [3.63, 3.8) is 0 Å². The molecule has 4 aromatic heterocycles. The lowest BCUT2D eigenvalue weighted by molar-refractivity contribution is -0.119. The molecule has 10 heteroatoms. The monoisotopic (exact) mass is 426 g/mol. The third-order valence-corrected chi connectivity index (χ3v) is 6.02. The highest BCUT2D eigenvalue weighted by Gasteiger charge is 2.14. The molecule has 1 atom stereocenters. The van der Waals surface area contributed by atoms with Crippen LogP contribution < -0.4 is 5.32 Å². The zero-order valence-electron chi connectivity index (χ0n) is 15.6. The van der Waals surface area contributed by atoms with Crippen LogP contribution in [0.4, 0.5) is 0 Å². The highest BCUT2D eigenvalue weighted by atomic mass is 32.2. The van der Waals surface area contributed by atoms with E-state index in [1.165, 1.54) is 11.8 Å². The van der Waals surface area contributed by atoms with Gasteiger partial charge >= 0.3 is 0 Å². The van der Waals surface area contributed by atoms with Crippen LogP contribution in [0, 0.1) is 0 Å². The van der Waals surface area contributed by atoms with Crippen molar-refractivity contribution in [3.05, 3.63) is 59.0 Å². The van der Waals surface area contributed by atoms with Crippen molar-refractivity contribution >= 4 is 34.7 Å². The second-order valence-electron chi connectivity index (χ2n) is 6.04. The Bertz CT molecular complexity index is 1080. The van der Waals surface area contributed by atoms with Gasteiger partial charge in [0.2, 0.25) is 5.91 Å². The topological polar surface area (TPSA) is 94.3 Å². The van der Waals surface area contributed by atoms with Gasteiger partial charge in [0.05, 0.1) is 5.75 Å². The summed E-state index contributed by atoms with van der Waals surface area (Å²) in [5.74, 6) is 0.787. The molecule has 0 bridgehead atoms. The first-order chi connectivity index (χ1) is 14.2. The largest absolute Gasteiger partial charge is 0.374 e. The smallest absolute Gasteiger partial charge is 0.230 e. The Labute approximate surface area is 175 Å². The number of carbonyl (C=O) groups excluding carboxylic acids is 1. The average Bonchev–Trinajstić information content (AvgIpc) is 3.43. The zero-order valence-corrected chi connectivity index (χ0v) is 17.2. The lowest BCUT2D eigenvalue weighted by Crippen LogP contribution is -2.30. The molecule has 4 heterocycles. The van der Waals surface area contributed by atoms with E-state index >= 15 is 0 Å². The molecule has 0 fully saturated rings. The van der Waals surface area contributed by atoms with Crippen molar-refractivity contribution < 1.29 is 9.53 Å². The fourth-order valence-electron chi connectivity index (χ4n) is 2.70. The van der Waals surface area contributed by atoms with E-state index in [1.807, 2.05) is 41.8 Å². The minimum atomic E-state index is -0.141. The fraction of sp³-hybridized carbons (Fsp3) is 0.211. The molecular weight excluding hydrogens is 408 g/mol. The molecule has 8 nitrogen and oxygen atoms in total. The van der Waals surface area contributed by atoms with Crippen molar-refractivity contribution in [2.45, 2.75) is 11.1 Å². The molecule has 1 unspecified atom stereocenters. The predicted molar refractivity (Wildman–Crippen MR) is 112 cm³/mol. The van der Waals surface area contributed by atoms with Crippen LogP contribution in [0.15, 0.2) is 59.2 Å². The molecule has 4 aromatic rings. The van der Waals surface area contributed by atoms with Gasteiger partial charge in [0.1, 0.15) is 11.1 Å². The van der Waals surface area contributed by atoms with Gasteiger partial charge in [0, 0.05) is 36.5 Å². The number of nitrogens with zero attached hydrogens (tertiary/aromatic N) is 5. The van der Waals surface area contributed by atoms with Crippen LogP contribution in [-0.2, 0) is 9.53 Å². The quantitative estimate of drug-likeness (QED) is 0.433. The predicted octanol–water partition coefficient (Wildman–Crippen LogP) is 2.84. The standard InChI is InChI=1S/C19H18N6O2S2/c1-27-14(15-5-3-9-28-15)11-21-17(26)12-29-18-7-6-16-22-23-19(25(16)24-18)13-4-2-8-20-10-13/h2-10,14H,11-12H2,1H3,(H,21,26). The van der Waals surface area contributed by atoms with Crippen LogP contribution in [0.3, 0.4) is 0 Å². The number of aromatic nitrogens is 5. The molecule has 4 rings (SSSR count). The molecular formula is C19H18N6O2S2. The lowest BCUT2D eigenvalue weighted by Gasteiger charge is -2.14. The number of hydrogen-bond acceptors (Lipinski definition) is 8. The molecule has 0 aliphatic heterocycles. The van der Waals surface area contributed by atoms with E-state index in [-0.39, 0.29) is 17.8 Å². The molecule has 0 radical (unpaired) electrons. The Morgan fingerprint density at radius 3 is 2.97 bits per heavy atom. The summed E-state index contributed by atoms with van der Waals surface area (Å²) in [5, 5.41) is 18.5. The summed E-state index contributed by atoms with van der Waals surface area (Å²) in [6.45, 7) is 0.430. The van der Waals surface area contributed by atoms with Crippen molar-refractivity contribution in [1.82, 2.24) is 30.1 Å². The van der Waals surface area contributed by atoms with Crippen molar-refractivity contribution in [2.24, 2.45) is 0 Å². The molecule has 29 heavy (non-hydrogen) atoms. The van der Waals surface area contributed by atoms with Crippen molar-refractivity contribution in [3.8, 4) is 11.4 Å². The van der Waals surface area contributed by atoms with Crippen LogP contribution >= 0.6 is 23.1 Å². The van der Waals surface area contributed by atoms with E-state index in [4.69, 9.17) is 4.74 Å². The maximum atomic E-state index is 12.3. The SMILES string of the molecule is COC(CNC(=O)CSc1ccc2nnc(-c3cccnc3)n2n1)c1cccs1. The van der Waals surface area contributed by atoms with E-state index in [1.54, 1.807) is 35.4 Å². The average molecular weight is 427 g/mol. The number of methoxy groups -OCH3 is 1. The lowest BCUT2D eigenvalue weighted by atomic mass is 10.3. The molecule has 0 spiro atoms. The normalized spacial score (nSPS) is 12.2. The first kappa shape index (κ1) is 19.5. The first-order valence-corrected chi connectivity index (χ1v) is 10.7. The third-order valence-electron chi connectivity index (χ3n) is 4.14. The van der Waals surface area contributed by atoms with Gasteiger partial charge in [-0.3, -0.25) is 9.78 Å².